The molecule has 0 saturated carbocycles. The molecule has 2 aliphatic rings. The van der Waals surface area contributed by atoms with Gasteiger partial charge in [0.2, 0.25) is 11.8 Å². The van der Waals surface area contributed by atoms with E-state index in [1.54, 1.807) is 19.1 Å². The number of carbonyl (C=O) groups is 2. The molecule has 1 aromatic carbocycles. The number of ether oxygens (including phenoxy) is 2. The standard InChI is InChI=1S/C18H26N4O4/c1-4-15-17(23)19-7-8-22(15)18(24)14-10-13(20-21-14)12-6-5-11(25-2)9-16(12)26-3/h5-6,9,13-15,20-21H,4,7-8,10H2,1-3H3,(H,19,23). The number of nitrogens with zero attached hydrogens (tertiary/aromatic N) is 1. The number of amides is 2. The van der Waals surface area contributed by atoms with Gasteiger partial charge in [0.25, 0.3) is 0 Å². The van der Waals surface area contributed by atoms with E-state index in [1.807, 2.05) is 25.1 Å². The Kier molecular flexibility index (Phi) is 5.63. The number of rotatable bonds is 5. The van der Waals surface area contributed by atoms with Gasteiger partial charge < -0.3 is 19.7 Å². The maximum Gasteiger partial charge on any atom is 0.242 e. The molecule has 2 fully saturated rings. The van der Waals surface area contributed by atoms with Gasteiger partial charge >= 0.3 is 0 Å². The molecule has 8 heteroatoms. The minimum atomic E-state index is -0.396. The summed E-state index contributed by atoms with van der Waals surface area (Å²) in [5.41, 5.74) is 7.22. The van der Waals surface area contributed by atoms with E-state index in [0.29, 0.717) is 37.4 Å². The quantitative estimate of drug-likeness (QED) is 0.700. The van der Waals surface area contributed by atoms with E-state index in [0.717, 1.165) is 5.56 Å². The lowest BCUT2D eigenvalue weighted by molar-refractivity contribution is -0.144. The Balaban J connectivity index is 1.72. The lowest BCUT2D eigenvalue weighted by Gasteiger charge is -2.35. The predicted octanol–water partition coefficient (Wildman–Crippen LogP) is 0.348. The SMILES string of the molecule is CCC1C(=O)NCCN1C(=O)C1CC(c2ccc(OC)cc2OC)NN1. The first kappa shape index (κ1) is 18.5. The summed E-state index contributed by atoms with van der Waals surface area (Å²) >= 11 is 0. The third kappa shape index (κ3) is 3.47. The molecule has 2 saturated heterocycles. The van der Waals surface area contributed by atoms with Crippen molar-refractivity contribution in [1.29, 1.82) is 0 Å². The summed E-state index contributed by atoms with van der Waals surface area (Å²) in [7, 11) is 3.22. The average Bonchev–Trinajstić information content (AvgIpc) is 3.16. The van der Waals surface area contributed by atoms with Crippen molar-refractivity contribution >= 4 is 11.8 Å². The van der Waals surface area contributed by atoms with E-state index in [1.165, 1.54) is 0 Å². The van der Waals surface area contributed by atoms with Crippen LogP contribution in [0, 0.1) is 0 Å². The van der Waals surface area contributed by atoms with E-state index >= 15 is 0 Å². The molecule has 3 rings (SSSR count). The van der Waals surface area contributed by atoms with Crippen molar-refractivity contribution < 1.29 is 19.1 Å². The molecule has 2 aliphatic heterocycles. The van der Waals surface area contributed by atoms with Gasteiger partial charge in [-0.3, -0.25) is 9.59 Å². The monoisotopic (exact) mass is 362 g/mol. The van der Waals surface area contributed by atoms with Gasteiger partial charge in [-0.25, -0.2) is 10.9 Å². The van der Waals surface area contributed by atoms with Crippen molar-refractivity contribution in [3.05, 3.63) is 23.8 Å². The molecule has 3 unspecified atom stereocenters. The summed E-state index contributed by atoms with van der Waals surface area (Å²) in [4.78, 5) is 26.6. The van der Waals surface area contributed by atoms with Crippen LogP contribution in [-0.4, -0.2) is 56.1 Å². The maximum atomic E-state index is 12.9. The molecule has 0 bridgehead atoms. The van der Waals surface area contributed by atoms with Gasteiger partial charge in [-0.15, -0.1) is 0 Å². The predicted molar refractivity (Wildman–Crippen MR) is 95.8 cm³/mol. The Bertz CT molecular complexity index is 681. The van der Waals surface area contributed by atoms with Gasteiger partial charge in [0.05, 0.1) is 20.3 Å². The smallest absolute Gasteiger partial charge is 0.242 e. The second kappa shape index (κ2) is 7.92. The lowest BCUT2D eigenvalue weighted by Crippen LogP contribution is -2.60. The molecule has 3 N–H and O–H groups in total. The summed E-state index contributed by atoms with van der Waals surface area (Å²) < 4.78 is 10.7. The second-order valence-electron chi connectivity index (χ2n) is 6.48. The van der Waals surface area contributed by atoms with Gasteiger partial charge in [0.1, 0.15) is 23.6 Å². The van der Waals surface area contributed by atoms with Crippen LogP contribution in [0.15, 0.2) is 18.2 Å². The fraction of sp³-hybridized carbons (Fsp3) is 0.556. The van der Waals surface area contributed by atoms with Crippen molar-refractivity contribution in [2.75, 3.05) is 27.3 Å². The average molecular weight is 362 g/mol. The van der Waals surface area contributed by atoms with E-state index in [2.05, 4.69) is 16.2 Å². The molecular formula is C18H26N4O4. The van der Waals surface area contributed by atoms with Crippen LogP contribution in [0.3, 0.4) is 0 Å². The highest BCUT2D eigenvalue weighted by Gasteiger charge is 2.39. The second-order valence-corrected chi connectivity index (χ2v) is 6.48. The molecule has 1 aromatic rings. The Morgan fingerprint density at radius 1 is 1.27 bits per heavy atom. The highest BCUT2D eigenvalue weighted by molar-refractivity contribution is 5.91. The molecule has 2 heterocycles. The zero-order valence-electron chi connectivity index (χ0n) is 15.4. The number of hydrogen-bond donors (Lipinski definition) is 3. The third-order valence-electron chi connectivity index (χ3n) is 5.02. The van der Waals surface area contributed by atoms with Gasteiger partial charge in [0, 0.05) is 24.7 Å². The van der Waals surface area contributed by atoms with E-state index < -0.39 is 6.04 Å². The molecule has 2 amide bonds. The van der Waals surface area contributed by atoms with E-state index in [4.69, 9.17) is 9.47 Å². The van der Waals surface area contributed by atoms with E-state index in [9.17, 15) is 9.59 Å². The topological polar surface area (TPSA) is 91.9 Å². The van der Waals surface area contributed by atoms with Gasteiger partial charge in [-0.2, -0.15) is 0 Å². The fourth-order valence-electron chi connectivity index (χ4n) is 3.61. The minimum Gasteiger partial charge on any atom is -0.497 e. The number of nitrogens with one attached hydrogen (secondary N) is 3. The highest BCUT2D eigenvalue weighted by atomic mass is 16.5. The summed E-state index contributed by atoms with van der Waals surface area (Å²) in [6.07, 6.45) is 1.18. The maximum absolute atomic E-state index is 12.9. The molecule has 8 nitrogen and oxygen atoms in total. The normalized spacial score (nSPS) is 25.7. The van der Waals surface area contributed by atoms with Gasteiger partial charge in [-0.1, -0.05) is 13.0 Å². The summed E-state index contributed by atoms with van der Waals surface area (Å²) in [5, 5.41) is 2.82. The van der Waals surface area contributed by atoms with Crippen LogP contribution >= 0.6 is 0 Å². The largest absolute Gasteiger partial charge is 0.497 e. The molecule has 0 spiro atoms. The van der Waals surface area contributed by atoms with Crippen LogP contribution in [0.25, 0.3) is 0 Å². The van der Waals surface area contributed by atoms with Crippen LogP contribution in [0.2, 0.25) is 0 Å². The van der Waals surface area contributed by atoms with Crippen LogP contribution in [0.1, 0.15) is 31.4 Å². The third-order valence-corrected chi connectivity index (χ3v) is 5.02. The van der Waals surface area contributed by atoms with Crippen LogP contribution < -0.4 is 25.6 Å². The summed E-state index contributed by atoms with van der Waals surface area (Å²) in [5.74, 6) is 1.30. The first-order valence-electron chi connectivity index (χ1n) is 8.90. The van der Waals surface area contributed by atoms with Crippen LogP contribution in [0.4, 0.5) is 0 Å². The van der Waals surface area contributed by atoms with Crippen molar-refractivity contribution in [3.63, 3.8) is 0 Å². The molecule has 0 radical (unpaired) electrons. The zero-order valence-corrected chi connectivity index (χ0v) is 15.4. The zero-order chi connectivity index (χ0) is 18.7. The molecule has 142 valence electrons. The van der Waals surface area contributed by atoms with Crippen LogP contribution in [0.5, 0.6) is 11.5 Å². The number of hydrogen-bond acceptors (Lipinski definition) is 6. The number of hydrazine groups is 1. The lowest BCUT2D eigenvalue weighted by atomic mass is 9.99. The number of methoxy groups -OCH3 is 2. The Morgan fingerprint density at radius 2 is 2.08 bits per heavy atom. The summed E-state index contributed by atoms with van der Waals surface area (Å²) in [6.45, 7) is 2.95. The van der Waals surface area contributed by atoms with Crippen molar-refractivity contribution in [2.45, 2.75) is 37.9 Å². The highest BCUT2D eigenvalue weighted by Crippen LogP contribution is 2.33. The molecule has 0 aromatic heterocycles. The van der Waals surface area contributed by atoms with Crippen molar-refractivity contribution in [3.8, 4) is 11.5 Å². The Morgan fingerprint density at radius 3 is 2.77 bits per heavy atom. The first-order valence-corrected chi connectivity index (χ1v) is 8.90. The minimum absolute atomic E-state index is 0.0471. The molecule has 3 atom stereocenters. The number of benzene rings is 1. The van der Waals surface area contributed by atoms with Crippen LogP contribution in [-0.2, 0) is 9.59 Å². The van der Waals surface area contributed by atoms with Crippen molar-refractivity contribution in [1.82, 2.24) is 21.1 Å². The number of carbonyl (C=O) groups excluding carboxylic acids is 2. The van der Waals surface area contributed by atoms with Gasteiger partial charge in [-0.05, 0) is 18.9 Å². The Labute approximate surface area is 153 Å². The first-order chi connectivity index (χ1) is 12.6. The molecule has 0 aliphatic carbocycles. The summed E-state index contributed by atoms with van der Waals surface area (Å²) in [6, 6.07) is 4.79. The van der Waals surface area contributed by atoms with Gasteiger partial charge in [0.15, 0.2) is 0 Å². The van der Waals surface area contributed by atoms with Crippen molar-refractivity contribution in [2.24, 2.45) is 0 Å². The van der Waals surface area contributed by atoms with E-state index in [-0.39, 0.29) is 23.9 Å². The fourth-order valence-corrected chi connectivity index (χ4v) is 3.61. The number of piperazine rings is 1. The Hall–Kier alpha value is -2.32. The molecular weight excluding hydrogens is 336 g/mol. The molecule has 26 heavy (non-hydrogen) atoms.